The number of carbonyl (C=O) groups excluding carboxylic acids is 5. The lowest BCUT2D eigenvalue weighted by Crippen LogP contribution is -2.55. The molecule has 2 aromatic heterocycles. The van der Waals surface area contributed by atoms with Crippen molar-refractivity contribution in [2.24, 2.45) is 10.8 Å². The summed E-state index contributed by atoms with van der Waals surface area (Å²) < 4.78 is 37.8. The van der Waals surface area contributed by atoms with Crippen molar-refractivity contribution in [3.8, 4) is 27.7 Å². The van der Waals surface area contributed by atoms with Crippen molar-refractivity contribution < 1.29 is 52.4 Å². The topological polar surface area (TPSA) is 235 Å². The SMILES string of the molecule is CN[C@H](C(=O)N1C[C@H](O)C[C@H]1C(=O)NCc1ccc(-c2scnc2C)cc1NC(=O)CCOC1CCN(CCOCc2cc3nccc(Oc4ccc(NC(=O)C5(C(=O)Nc6ccc(F)cc6)CC5)cc4)c3cc2OC)CC1)C(C)(C)C. The lowest BCUT2D eigenvalue weighted by Gasteiger charge is -2.34. The molecule has 3 fully saturated rings. The van der Waals surface area contributed by atoms with E-state index in [4.69, 9.17) is 18.9 Å². The third-order valence-electron chi connectivity index (χ3n) is 15.3. The Labute approximate surface area is 480 Å². The van der Waals surface area contributed by atoms with Crippen LogP contribution in [0.15, 0.2) is 96.6 Å². The van der Waals surface area contributed by atoms with E-state index >= 15 is 0 Å². The molecule has 82 heavy (non-hydrogen) atoms. The normalized spacial score (nSPS) is 17.5. The maximum absolute atomic E-state index is 13.7. The molecule has 1 aliphatic carbocycles. The molecule has 6 N–H and O–H groups in total. The molecule has 2 saturated heterocycles. The zero-order chi connectivity index (χ0) is 58.1. The monoisotopic (exact) mass is 1140 g/mol. The number of pyridine rings is 1. The third-order valence-corrected chi connectivity index (χ3v) is 16.3. The number of nitrogens with zero attached hydrogens (tertiary/aromatic N) is 4. The molecule has 3 atom stereocenters. The number of rotatable bonds is 23. The summed E-state index contributed by atoms with van der Waals surface area (Å²) in [4.78, 5) is 80.9. The van der Waals surface area contributed by atoms with Crippen molar-refractivity contribution in [3.63, 3.8) is 0 Å². The van der Waals surface area contributed by atoms with Crippen LogP contribution in [-0.4, -0.2) is 132 Å². The number of likely N-dealkylation sites (N-methyl/N-ethyl adjacent to an activating group) is 1. The van der Waals surface area contributed by atoms with Gasteiger partial charge in [0.1, 0.15) is 34.5 Å². The number of β-amino-alcohol motifs (C(OH)–C–C–N with tert-alkyl or cyclic N) is 1. The number of carbonyl (C=O) groups is 5. The maximum atomic E-state index is 13.7. The first-order chi connectivity index (χ1) is 39.4. The smallest absolute Gasteiger partial charge is 0.243 e. The second kappa shape index (κ2) is 26.2. The predicted molar refractivity (Wildman–Crippen MR) is 311 cm³/mol. The fourth-order valence-corrected chi connectivity index (χ4v) is 11.3. The van der Waals surface area contributed by atoms with Gasteiger partial charge in [-0.1, -0.05) is 32.9 Å². The maximum Gasteiger partial charge on any atom is 0.243 e. The fraction of sp³-hybridized carbons (Fsp3) is 0.426. The molecule has 0 unspecified atom stereocenters. The van der Waals surface area contributed by atoms with Gasteiger partial charge in [0, 0.05) is 73.4 Å². The number of likely N-dealkylation sites (tertiary alicyclic amines) is 2. The molecule has 0 spiro atoms. The molecule has 0 radical (unpaired) electrons. The van der Waals surface area contributed by atoms with Gasteiger partial charge in [-0.15, -0.1) is 11.3 Å². The summed E-state index contributed by atoms with van der Waals surface area (Å²) in [6.07, 6.45) is 3.56. The van der Waals surface area contributed by atoms with Crippen LogP contribution in [0.5, 0.6) is 17.2 Å². The molecule has 2 aliphatic heterocycles. The summed E-state index contributed by atoms with van der Waals surface area (Å²) in [6, 6.07) is 22.2. The Morgan fingerprint density at radius 3 is 2.22 bits per heavy atom. The lowest BCUT2D eigenvalue weighted by molar-refractivity contribution is -0.142. The van der Waals surface area contributed by atoms with Gasteiger partial charge in [-0.3, -0.25) is 29.0 Å². The minimum Gasteiger partial charge on any atom is -0.496 e. The van der Waals surface area contributed by atoms with Crippen molar-refractivity contribution in [2.45, 2.75) is 104 Å². The van der Waals surface area contributed by atoms with Gasteiger partial charge in [0.05, 0.1) is 73.2 Å². The second-order valence-corrected chi connectivity index (χ2v) is 23.1. The molecular weight excluding hydrogens is 1070 g/mol. The van der Waals surface area contributed by atoms with Crippen LogP contribution in [0, 0.1) is 23.6 Å². The van der Waals surface area contributed by atoms with Gasteiger partial charge in [0.25, 0.3) is 0 Å². The summed E-state index contributed by atoms with van der Waals surface area (Å²) in [7, 11) is 3.32. The second-order valence-electron chi connectivity index (χ2n) is 22.2. The number of thiazole rings is 1. The van der Waals surface area contributed by atoms with Crippen LogP contribution < -0.4 is 36.1 Å². The van der Waals surface area contributed by atoms with Crippen molar-refractivity contribution in [1.29, 1.82) is 0 Å². The number of methoxy groups -OCH3 is 1. The van der Waals surface area contributed by atoms with Crippen LogP contribution >= 0.6 is 11.3 Å². The third kappa shape index (κ3) is 14.4. The van der Waals surface area contributed by atoms with E-state index in [0.29, 0.717) is 71.4 Å². The zero-order valence-electron chi connectivity index (χ0n) is 47.1. The van der Waals surface area contributed by atoms with E-state index < -0.39 is 46.6 Å². The van der Waals surface area contributed by atoms with Crippen LogP contribution in [0.3, 0.4) is 0 Å². The van der Waals surface area contributed by atoms with E-state index in [2.05, 4.69) is 41.5 Å². The Morgan fingerprint density at radius 2 is 1.57 bits per heavy atom. The summed E-state index contributed by atoms with van der Waals surface area (Å²) in [6.45, 7) is 11.4. The van der Waals surface area contributed by atoms with Gasteiger partial charge in [-0.2, -0.15) is 0 Å². The molecule has 19 nitrogen and oxygen atoms in total. The number of aliphatic hydroxyl groups is 1. The number of nitrogens with one attached hydrogen (secondary N) is 5. The van der Waals surface area contributed by atoms with E-state index in [0.717, 1.165) is 59.6 Å². The zero-order valence-corrected chi connectivity index (χ0v) is 48.0. The first kappa shape index (κ1) is 59.2. The van der Waals surface area contributed by atoms with Gasteiger partial charge in [0.2, 0.25) is 29.5 Å². The highest BCUT2D eigenvalue weighted by molar-refractivity contribution is 7.13. The van der Waals surface area contributed by atoms with E-state index in [1.807, 2.05) is 58.0 Å². The number of fused-ring (bicyclic) bond motifs is 1. The number of aromatic nitrogens is 2. The summed E-state index contributed by atoms with van der Waals surface area (Å²) in [5, 5.41) is 26.0. The van der Waals surface area contributed by atoms with E-state index in [1.165, 1.54) is 40.5 Å². The molecule has 0 bridgehead atoms. The van der Waals surface area contributed by atoms with Crippen molar-refractivity contribution >= 4 is 68.8 Å². The van der Waals surface area contributed by atoms with E-state index in [1.54, 1.807) is 56.2 Å². The van der Waals surface area contributed by atoms with E-state index in [-0.39, 0.29) is 56.4 Å². The number of aryl methyl sites for hydroxylation is 1. The predicted octanol–water partition coefficient (Wildman–Crippen LogP) is 8.20. The minimum atomic E-state index is -1.19. The molecule has 21 heteroatoms. The van der Waals surface area contributed by atoms with Crippen LogP contribution in [-0.2, 0) is 46.6 Å². The van der Waals surface area contributed by atoms with Gasteiger partial charge in [-0.05, 0) is 129 Å². The molecular formula is C61H72FN9O10S. The number of aliphatic hydroxyl groups excluding tert-OH is 1. The Bertz CT molecular complexity index is 3250. The molecule has 4 aromatic carbocycles. The first-order valence-electron chi connectivity index (χ1n) is 27.7. The minimum absolute atomic E-state index is 0.00806. The highest BCUT2D eigenvalue weighted by Gasteiger charge is 2.56. The lowest BCUT2D eigenvalue weighted by atomic mass is 9.86. The standard InChI is InChI=1S/C61H72FN9O10S/c1-37-54(82-36-66-37)38-7-8-39(33-65-56(74)50-31-44(72)34-71(50)57(75)55(63-5)60(2,3)4)48(29-38)69-53(73)20-27-80-45-18-24-70(25-19-45)26-28-79-35-40-30-49-47(32-52(40)78-6)51(17-23-64-49)81-46-15-13-43(14-16-46)68-59(77)61(21-22-61)58(76)67-42-11-9-41(62)10-12-42/h7-17,23,29-30,32,36,44-45,50,55,63,72H,18-22,24-28,31,33-35H2,1-6H3,(H,65,74)(H,67,76)(H,68,77)(H,69,73)/t44-,50+,55-/m1/s1. The van der Waals surface area contributed by atoms with Crippen LogP contribution in [0.4, 0.5) is 21.5 Å². The Kier molecular flexibility index (Phi) is 18.9. The number of ether oxygens (including phenoxy) is 4. The van der Waals surface area contributed by atoms with Crippen LogP contribution in [0.1, 0.15) is 76.1 Å². The number of anilines is 3. The number of benzene rings is 4. The quantitative estimate of drug-likeness (QED) is 0.0262. The molecule has 434 valence electrons. The molecule has 5 amide bonds. The van der Waals surface area contributed by atoms with Gasteiger partial charge in [0.15, 0.2) is 0 Å². The molecule has 3 aliphatic rings. The average Bonchev–Trinajstić information content (AvgIpc) is 4.26. The van der Waals surface area contributed by atoms with Crippen LogP contribution in [0.2, 0.25) is 0 Å². The summed E-state index contributed by atoms with van der Waals surface area (Å²) in [5.74, 6) is -0.404. The van der Waals surface area contributed by atoms with Crippen molar-refractivity contribution in [2.75, 3.05) is 69.5 Å². The highest BCUT2D eigenvalue weighted by Crippen LogP contribution is 2.48. The Balaban J connectivity index is 0.709. The first-order valence-corrected chi connectivity index (χ1v) is 28.6. The number of hydrogen-bond donors (Lipinski definition) is 6. The fourth-order valence-electron chi connectivity index (χ4n) is 10.5. The number of piperidine rings is 1. The summed E-state index contributed by atoms with van der Waals surface area (Å²) in [5.41, 5.74) is 5.61. The average molecular weight is 1140 g/mol. The molecule has 6 aromatic rings. The summed E-state index contributed by atoms with van der Waals surface area (Å²) >= 11 is 1.50. The number of halogens is 1. The van der Waals surface area contributed by atoms with E-state index in [9.17, 15) is 33.5 Å². The van der Waals surface area contributed by atoms with Crippen LogP contribution in [0.25, 0.3) is 21.3 Å². The van der Waals surface area contributed by atoms with Gasteiger partial charge >= 0.3 is 0 Å². The highest BCUT2D eigenvalue weighted by atomic mass is 32.1. The largest absolute Gasteiger partial charge is 0.496 e. The molecule has 9 rings (SSSR count). The van der Waals surface area contributed by atoms with Gasteiger partial charge < -0.3 is 60.4 Å². The number of amides is 5. The van der Waals surface area contributed by atoms with Crippen molar-refractivity contribution in [3.05, 3.63) is 119 Å². The Morgan fingerprint density at radius 1 is 0.866 bits per heavy atom. The Hall–Kier alpha value is -7.40. The van der Waals surface area contributed by atoms with Crippen molar-refractivity contribution in [1.82, 2.24) is 30.4 Å². The molecule has 1 saturated carbocycles. The molecule has 4 heterocycles. The van der Waals surface area contributed by atoms with Gasteiger partial charge in [-0.25, -0.2) is 9.37 Å². The number of hydrogen-bond acceptors (Lipinski definition) is 15.